The van der Waals surface area contributed by atoms with Crippen molar-refractivity contribution < 1.29 is 29.0 Å². The maximum absolute atomic E-state index is 12.3. The second-order valence-electron chi connectivity index (χ2n) is 4.36. The molecule has 2 amide bonds. The molecular formula is C12H12N2O6S3. The first kappa shape index (κ1) is 17.8. The molecule has 8 nitrogen and oxygen atoms in total. The Labute approximate surface area is 145 Å². The first-order valence-corrected chi connectivity index (χ1v) is 8.64. The van der Waals surface area contributed by atoms with E-state index in [1.165, 1.54) is 4.90 Å². The minimum Gasteiger partial charge on any atom is -0.480 e. The van der Waals surface area contributed by atoms with Crippen LogP contribution in [0, 0.1) is 0 Å². The van der Waals surface area contributed by atoms with Gasteiger partial charge < -0.3 is 9.84 Å². The smallest absolute Gasteiger partial charge is 0.326 e. The van der Waals surface area contributed by atoms with Crippen molar-refractivity contribution in [3.8, 4) is 0 Å². The van der Waals surface area contributed by atoms with Gasteiger partial charge >= 0.3 is 11.9 Å². The van der Waals surface area contributed by atoms with Crippen LogP contribution in [0.4, 0.5) is 0 Å². The Kier molecular flexibility index (Phi) is 5.65. The molecule has 1 N–H and O–H groups in total. The molecule has 2 aliphatic rings. The third-order valence-corrected chi connectivity index (χ3v) is 5.46. The third-order valence-electron chi connectivity index (χ3n) is 2.81. The minimum atomic E-state index is -1.19. The number of nitrogens with zero attached hydrogens (tertiary/aromatic N) is 2. The molecule has 0 spiro atoms. The average Bonchev–Trinajstić information content (AvgIpc) is 2.94. The van der Waals surface area contributed by atoms with E-state index in [4.69, 9.17) is 22.1 Å². The summed E-state index contributed by atoms with van der Waals surface area (Å²) in [5, 5.41) is 9.14. The molecule has 124 valence electrons. The first-order valence-electron chi connectivity index (χ1n) is 6.43. The van der Waals surface area contributed by atoms with Crippen LogP contribution in [0.3, 0.4) is 0 Å². The Morgan fingerprint density at radius 2 is 2.00 bits per heavy atom. The minimum absolute atomic E-state index is 0.0950. The van der Waals surface area contributed by atoms with Crippen LogP contribution < -0.4 is 0 Å². The number of carbonyl (C=O) groups is 4. The maximum atomic E-state index is 12.3. The zero-order chi connectivity index (χ0) is 17.1. The normalized spacial score (nSPS) is 21.3. The number of aliphatic carboxylic acids is 1. The quantitative estimate of drug-likeness (QED) is 0.410. The Bertz CT molecular complexity index is 632. The van der Waals surface area contributed by atoms with Crippen molar-refractivity contribution >= 4 is 63.8 Å². The van der Waals surface area contributed by atoms with Gasteiger partial charge in [-0.3, -0.25) is 29.0 Å². The average molecular weight is 376 g/mol. The summed E-state index contributed by atoms with van der Waals surface area (Å²) >= 11 is 7.05. The van der Waals surface area contributed by atoms with Gasteiger partial charge in [-0.1, -0.05) is 35.7 Å². The third kappa shape index (κ3) is 3.85. The van der Waals surface area contributed by atoms with Gasteiger partial charge in [0.2, 0.25) is 5.91 Å². The highest BCUT2D eigenvalue weighted by molar-refractivity contribution is 8.27. The molecule has 2 saturated heterocycles. The van der Waals surface area contributed by atoms with Crippen molar-refractivity contribution in [1.82, 2.24) is 9.80 Å². The number of hydrogen-bond donors (Lipinski definition) is 1. The van der Waals surface area contributed by atoms with Crippen LogP contribution in [-0.2, 0) is 23.9 Å². The van der Waals surface area contributed by atoms with Gasteiger partial charge in [0.15, 0.2) is 0 Å². The number of carboxylic acids is 1. The fourth-order valence-corrected chi connectivity index (χ4v) is 4.36. The maximum Gasteiger partial charge on any atom is 0.326 e. The summed E-state index contributed by atoms with van der Waals surface area (Å²) in [6.45, 7) is 0.996. The number of ether oxygens (including phenoxy) is 1. The Hall–Kier alpha value is -1.59. The van der Waals surface area contributed by atoms with E-state index in [0.29, 0.717) is 5.03 Å². The fraction of sp³-hybridized carbons (Fsp3) is 0.417. The number of esters is 1. The molecule has 0 aromatic carbocycles. The molecule has 0 unspecified atom stereocenters. The van der Waals surface area contributed by atoms with E-state index in [9.17, 15) is 19.2 Å². The molecule has 0 aromatic heterocycles. The van der Waals surface area contributed by atoms with E-state index >= 15 is 0 Å². The lowest BCUT2D eigenvalue weighted by molar-refractivity contribution is -0.146. The van der Waals surface area contributed by atoms with Crippen LogP contribution in [-0.4, -0.2) is 68.4 Å². The number of thioether (sulfide) groups is 2. The lowest BCUT2D eigenvalue weighted by Gasteiger charge is -2.17. The second kappa shape index (κ2) is 7.32. The lowest BCUT2D eigenvalue weighted by Crippen LogP contribution is -2.35. The highest BCUT2D eigenvalue weighted by Crippen LogP contribution is 2.41. The van der Waals surface area contributed by atoms with Crippen LogP contribution in [0.1, 0.15) is 6.92 Å². The predicted octanol–water partition coefficient (Wildman–Crippen LogP) is 0.239. The predicted molar refractivity (Wildman–Crippen MR) is 87.4 cm³/mol. The molecule has 2 rings (SSSR count). The van der Waals surface area contributed by atoms with Gasteiger partial charge in [0, 0.05) is 0 Å². The number of carbonyl (C=O) groups excluding carboxylic acids is 3. The van der Waals surface area contributed by atoms with Gasteiger partial charge in [-0.05, 0) is 6.92 Å². The van der Waals surface area contributed by atoms with Crippen LogP contribution in [0.2, 0.25) is 0 Å². The molecule has 2 heterocycles. The molecule has 0 radical (unpaired) electrons. The van der Waals surface area contributed by atoms with Crippen LogP contribution in [0.15, 0.2) is 9.93 Å². The van der Waals surface area contributed by atoms with E-state index in [2.05, 4.69) is 0 Å². The van der Waals surface area contributed by atoms with Gasteiger partial charge in [0.25, 0.3) is 5.91 Å². The molecule has 23 heavy (non-hydrogen) atoms. The van der Waals surface area contributed by atoms with E-state index < -0.39 is 24.4 Å². The van der Waals surface area contributed by atoms with Gasteiger partial charge in [-0.2, -0.15) is 0 Å². The van der Waals surface area contributed by atoms with Crippen molar-refractivity contribution in [2.75, 3.05) is 25.4 Å². The van der Waals surface area contributed by atoms with Crippen molar-refractivity contribution in [2.24, 2.45) is 0 Å². The summed E-state index contributed by atoms with van der Waals surface area (Å²) in [5.41, 5.74) is 0. The largest absolute Gasteiger partial charge is 0.480 e. The van der Waals surface area contributed by atoms with Gasteiger partial charge in [0.1, 0.15) is 22.3 Å². The van der Waals surface area contributed by atoms with Crippen molar-refractivity contribution in [2.45, 2.75) is 6.92 Å². The summed E-state index contributed by atoms with van der Waals surface area (Å²) in [7, 11) is 0. The molecule has 11 heteroatoms. The van der Waals surface area contributed by atoms with Crippen LogP contribution >= 0.6 is 35.7 Å². The topological polar surface area (TPSA) is 104 Å². The number of amides is 2. The number of hydrogen-bond acceptors (Lipinski definition) is 8. The molecule has 0 atom stereocenters. The summed E-state index contributed by atoms with van der Waals surface area (Å²) < 4.78 is 4.92. The summed E-state index contributed by atoms with van der Waals surface area (Å²) in [6, 6.07) is 0. The fourth-order valence-electron chi connectivity index (χ4n) is 1.88. The zero-order valence-electron chi connectivity index (χ0n) is 11.9. The number of thiocarbonyl (C=S) groups is 1. The molecule has 0 bridgehead atoms. The van der Waals surface area contributed by atoms with Gasteiger partial charge in [-0.15, -0.1) is 0 Å². The second-order valence-corrected chi connectivity index (χ2v) is 6.97. The summed E-state index contributed by atoms with van der Waals surface area (Å²) in [5.74, 6) is -2.57. The van der Waals surface area contributed by atoms with Gasteiger partial charge in [0.05, 0.1) is 17.4 Å². The zero-order valence-corrected chi connectivity index (χ0v) is 14.4. The van der Waals surface area contributed by atoms with Gasteiger partial charge in [-0.25, -0.2) is 0 Å². The van der Waals surface area contributed by atoms with Crippen molar-refractivity contribution in [3.05, 3.63) is 9.93 Å². The Morgan fingerprint density at radius 1 is 1.30 bits per heavy atom. The lowest BCUT2D eigenvalue weighted by atomic mass is 10.4. The van der Waals surface area contributed by atoms with Crippen molar-refractivity contribution in [1.29, 1.82) is 0 Å². The van der Waals surface area contributed by atoms with Crippen LogP contribution in [0.5, 0.6) is 0 Å². The monoisotopic (exact) mass is 376 g/mol. The molecular weight excluding hydrogens is 364 g/mol. The number of rotatable bonds is 5. The van der Waals surface area contributed by atoms with Crippen LogP contribution in [0.25, 0.3) is 0 Å². The van der Waals surface area contributed by atoms with E-state index in [-0.39, 0.29) is 34.0 Å². The van der Waals surface area contributed by atoms with E-state index in [1.54, 1.807) is 6.92 Å². The summed E-state index contributed by atoms with van der Waals surface area (Å²) in [6.07, 6.45) is 0. The molecule has 2 aliphatic heterocycles. The highest BCUT2D eigenvalue weighted by Gasteiger charge is 2.40. The molecule has 0 saturated carbocycles. The Balaban J connectivity index is 2.26. The number of carboxylic acid groups (broad SMARTS) is 1. The standard InChI is InChI=1S/C12H12N2O6S3/c1-2-20-8(18)4-13-6(15)5-22-11(13)9-10(19)14(3-7(16)17)12(21)23-9/h2-5H2,1H3,(H,16,17)/b11-9+. The SMILES string of the molecule is CCOC(=O)CN1C(=O)CS/C1=C1/SC(=S)N(CC(=O)O)C1=O. The van der Waals surface area contributed by atoms with Crippen molar-refractivity contribution in [3.63, 3.8) is 0 Å². The molecule has 2 fully saturated rings. The Morgan fingerprint density at radius 3 is 2.61 bits per heavy atom. The molecule has 0 aromatic rings. The highest BCUT2D eigenvalue weighted by atomic mass is 32.2. The summed E-state index contributed by atoms with van der Waals surface area (Å²) in [4.78, 5) is 49.0. The first-order chi connectivity index (χ1) is 10.8. The molecule has 0 aliphatic carbocycles. The van der Waals surface area contributed by atoms with E-state index in [1.807, 2.05) is 0 Å². The van der Waals surface area contributed by atoms with E-state index in [0.717, 1.165) is 28.4 Å².